The zero-order valence-electron chi connectivity index (χ0n) is 28.9. The standard InChI is InChI=1S/C39H26BCl2F5N2O8/c41-38-15-24-21(11-12-23-26(24)35(52)48(34(23)51)19-8-4-7-18(13-19)40(55)56)27(22-10-9-20(14-25(22)50)57-16-17-5-2-1-3-6-17)39(38,42)37(54)49(36(38)53)33-31(46)29(44)28(43)30(45)32(33)47/h1-11,13-14,23-24,26-27,50,55-56H,12,15-16H2/t23-,24+,26-,27+,38+,39-/m0/s1. The number of hydrogen-bond donors (Lipinski definition) is 3. The van der Waals surface area contributed by atoms with Crippen LogP contribution >= 0.6 is 23.2 Å². The highest BCUT2D eigenvalue weighted by Crippen LogP contribution is 2.67. The van der Waals surface area contributed by atoms with Crippen molar-refractivity contribution in [3.63, 3.8) is 0 Å². The predicted octanol–water partition coefficient (Wildman–Crippen LogP) is 5.11. The van der Waals surface area contributed by atoms with Gasteiger partial charge >= 0.3 is 7.12 Å². The summed E-state index contributed by atoms with van der Waals surface area (Å²) in [4.78, 5) is 52.2. The van der Waals surface area contributed by atoms with Crippen molar-refractivity contribution in [2.24, 2.45) is 17.8 Å². The Bertz CT molecular complexity index is 2430. The van der Waals surface area contributed by atoms with Gasteiger partial charge in [0.05, 0.1) is 17.5 Å². The van der Waals surface area contributed by atoms with E-state index in [9.17, 15) is 47.5 Å². The summed E-state index contributed by atoms with van der Waals surface area (Å²) in [6.07, 6.45) is 0.582. The molecule has 4 aliphatic rings. The molecular formula is C39H26BCl2F5N2O8. The molecule has 2 heterocycles. The van der Waals surface area contributed by atoms with Crippen LogP contribution in [0.5, 0.6) is 11.5 Å². The van der Waals surface area contributed by atoms with E-state index in [1.165, 1.54) is 48.5 Å². The van der Waals surface area contributed by atoms with Gasteiger partial charge < -0.3 is 19.9 Å². The van der Waals surface area contributed by atoms with Gasteiger partial charge in [0.1, 0.15) is 23.8 Å². The summed E-state index contributed by atoms with van der Waals surface area (Å²) in [6.45, 7) is 0.0697. The Labute approximate surface area is 329 Å². The Kier molecular flexibility index (Phi) is 9.26. The molecule has 3 fully saturated rings. The molecule has 2 saturated heterocycles. The van der Waals surface area contributed by atoms with Crippen LogP contribution in [-0.4, -0.2) is 55.7 Å². The lowest BCUT2D eigenvalue weighted by molar-refractivity contribution is -0.125. The minimum absolute atomic E-state index is 0.0143. The molecule has 0 radical (unpaired) electrons. The second-order valence-corrected chi connectivity index (χ2v) is 15.4. The molecule has 6 atom stereocenters. The first-order chi connectivity index (χ1) is 27.0. The number of imide groups is 2. The Morgan fingerprint density at radius 1 is 0.772 bits per heavy atom. The highest BCUT2D eigenvalue weighted by atomic mass is 35.5. The fraction of sp³-hybridized carbons (Fsp3) is 0.231. The highest BCUT2D eigenvalue weighted by molar-refractivity contribution is 6.59. The van der Waals surface area contributed by atoms with Gasteiger partial charge in [-0.2, -0.15) is 0 Å². The molecule has 0 spiro atoms. The molecule has 57 heavy (non-hydrogen) atoms. The van der Waals surface area contributed by atoms with E-state index >= 15 is 8.78 Å². The van der Waals surface area contributed by atoms with Crippen molar-refractivity contribution < 1.29 is 61.0 Å². The monoisotopic (exact) mass is 826 g/mol. The largest absolute Gasteiger partial charge is 0.508 e. The average Bonchev–Trinajstić information content (AvgIpc) is 3.54. The third-order valence-electron chi connectivity index (χ3n) is 11.2. The van der Waals surface area contributed by atoms with E-state index < -0.39 is 111 Å². The number of phenols is 1. The Hall–Kier alpha value is -5.29. The summed E-state index contributed by atoms with van der Waals surface area (Å²) in [5, 5.41) is 31.1. The lowest BCUT2D eigenvalue weighted by atomic mass is 9.56. The second-order valence-electron chi connectivity index (χ2n) is 14.2. The summed E-state index contributed by atoms with van der Waals surface area (Å²) in [5.74, 6) is -23.2. The molecular weight excluding hydrogens is 801 g/mol. The number of aromatic hydroxyl groups is 1. The summed E-state index contributed by atoms with van der Waals surface area (Å²) in [6, 6.07) is 18.1. The molecule has 0 unspecified atom stereocenters. The van der Waals surface area contributed by atoms with Gasteiger partial charge in [0.25, 0.3) is 11.8 Å². The highest BCUT2D eigenvalue weighted by Gasteiger charge is 2.77. The number of carbonyl (C=O) groups is 4. The van der Waals surface area contributed by atoms with Crippen molar-refractivity contribution in [3.8, 4) is 11.5 Å². The molecule has 4 aromatic rings. The van der Waals surface area contributed by atoms with Crippen molar-refractivity contribution in [2.75, 3.05) is 9.80 Å². The van der Waals surface area contributed by atoms with Gasteiger partial charge in [0.15, 0.2) is 33.0 Å². The van der Waals surface area contributed by atoms with Crippen LogP contribution in [0.1, 0.15) is 29.9 Å². The third-order valence-corrected chi connectivity index (χ3v) is 12.6. The molecule has 2 aliphatic carbocycles. The first kappa shape index (κ1) is 38.6. The number of hydrogen-bond acceptors (Lipinski definition) is 8. The number of anilines is 2. The molecule has 8 rings (SSSR count). The number of alkyl halides is 2. The first-order valence-corrected chi connectivity index (χ1v) is 18.1. The van der Waals surface area contributed by atoms with Crippen molar-refractivity contribution in [2.45, 2.75) is 35.1 Å². The van der Waals surface area contributed by atoms with E-state index in [1.54, 1.807) is 30.3 Å². The number of fused-ring (bicyclic) bond motifs is 4. The normalized spacial score (nSPS) is 26.6. The maximum atomic E-state index is 15.4. The number of nitrogens with zero attached hydrogens (tertiary/aromatic N) is 2. The zero-order chi connectivity index (χ0) is 40.9. The molecule has 4 amide bonds. The number of allylic oxidation sites excluding steroid dienone is 2. The molecule has 0 bridgehead atoms. The van der Waals surface area contributed by atoms with Crippen LogP contribution in [0.4, 0.5) is 33.3 Å². The van der Waals surface area contributed by atoms with Crippen LogP contribution in [0, 0.1) is 46.8 Å². The fourth-order valence-corrected chi connectivity index (χ4v) is 9.52. The summed E-state index contributed by atoms with van der Waals surface area (Å²) in [7, 11) is -1.95. The summed E-state index contributed by atoms with van der Waals surface area (Å²) in [5.41, 5.74) is -1.27. The molecule has 18 heteroatoms. The summed E-state index contributed by atoms with van der Waals surface area (Å²) < 4.78 is 79.8. The lowest BCUT2D eigenvalue weighted by Gasteiger charge is -2.50. The van der Waals surface area contributed by atoms with Crippen molar-refractivity contribution in [1.29, 1.82) is 0 Å². The maximum Gasteiger partial charge on any atom is 0.488 e. The van der Waals surface area contributed by atoms with E-state index in [0.717, 1.165) is 10.5 Å². The molecule has 0 aromatic heterocycles. The first-order valence-electron chi connectivity index (χ1n) is 17.3. The smallest absolute Gasteiger partial charge is 0.488 e. The van der Waals surface area contributed by atoms with Crippen molar-refractivity contribution >= 4 is 70.8 Å². The minimum Gasteiger partial charge on any atom is -0.508 e. The van der Waals surface area contributed by atoms with Crippen LogP contribution in [0.2, 0.25) is 0 Å². The molecule has 10 nitrogen and oxygen atoms in total. The Morgan fingerprint density at radius 2 is 1.44 bits per heavy atom. The van der Waals surface area contributed by atoms with Crippen LogP contribution < -0.4 is 20.0 Å². The van der Waals surface area contributed by atoms with E-state index in [1.807, 2.05) is 0 Å². The van der Waals surface area contributed by atoms with Crippen LogP contribution in [0.15, 0.2) is 84.4 Å². The molecule has 4 aromatic carbocycles. The Morgan fingerprint density at radius 3 is 2.09 bits per heavy atom. The number of carbonyl (C=O) groups excluding carboxylic acids is 4. The number of phenolic OH excluding ortho intramolecular Hbond substituents is 1. The number of halogens is 7. The SMILES string of the molecule is O=C1[C@H]2[C@H](CC=C3[C@H]2C[C@@]2(Cl)C(=O)N(c4c(F)c(F)c(F)c(F)c4F)C(=O)[C@@]2(Cl)[C@H]3c2ccc(OCc3ccccc3)cc2O)C(=O)N1c1cccc(B(O)O)c1. The second kappa shape index (κ2) is 13.7. The van der Waals surface area contributed by atoms with Crippen molar-refractivity contribution in [1.82, 2.24) is 0 Å². The van der Waals surface area contributed by atoms with E-state index in [-0.39, 0.29) is 46.0 Å². The zero-order valence-corrected chi connectivity index (χ0v) is 30.4. The van der Waals surface area contributed by atoms with Gasteiger partial charge in [0.2, 0.25) is 17.6 Å². The van der Waals surface area contributed by atoms with Gasteiger partial charge in [-0.3, -0.25) is 24.1 Å². The number of amides is 4. The van der Waals surface area contributed by atoms with Gasteiger partial charge in [0, 0.05) is 17.5 Å². The topological polar surface area (TPSA) is 145 Å². The van der Waals surface area contributed by atoms with E-state index in [2.05, 4.69) is 0 Å². The third kappa shape index (κ3) is 5.52. The minimum atomic E-state index is -2.85. The van der Waals surface area contributed by atoms with Crippen molar-refractivity contribution in [3.05, 3.63) is 125 Å². The number of benzene rings is 4. The predicted molar refractivity (Wildman–Crippen MR) is 194 cm³/mol. The van der Waals surface area contributed by atoms with E-state index in [4.69, 9.17) is 27.9 Å². The lowest BCUT2D eigenvalue weighted by Crippen LogP contribution is -2.60. The maximum absolute atomic E-state index is 15.4. The van der Waals surface area contributed by atoms with Gasteiger partial charge in [-0.25, -0.2) is 26.9 Å². The molecule has 292 valence electrons. The average molecular weight is 827 g/mol. The number of rotatable bonds is 7. The van der Waals surface area contributed by atoms with Crippen LogP contribution in [0.25, 0.3) is 0 Å². The number of ether oxygens (including phenoxy) is 1. The molecule has 1 saturated carbocycles. The van der Waals surface area contributed by atoms with Gasteiger partial charge in [-0.05, 0) is 48.0 Å². The van der Waals surface area contributed by atoms with E-state index in [0.29, 0.717) is 0 Å². The van der Waals surface area contributed by atoms with Crippen LogP contribution in [-0.2, 0) is 25.8 Å². The Balaban J connectivity index is 1.27. The molecule has 2 aliphatic heterocycles. The van der Waals surface area contributed by atoms with Gasteiger partial charge in [-0.15, -0.1) is 23.2 Å². The summed E-state index contributed by atoms with van der Waals surface area (Å²) >= 11 is 14.3. The van der Waals surface area contributed by atoms with Gasteiger partial charge in [-0.1, -0.05) is 60.2 Å². The molecule has 3 N–H and O–H groups in total. The fourth-order valence-electron chi connectivity index (χ4n) is 8.59. The van der Waals surface area contributed by atoms with Crippen LogP contribution in [0.3, 0.4) is 0 Å². The quantitative estimate of drug-likeness (QED) is 0.0444.